The molecule has 0 amide bonds. The Bertz CT molecular complexity index is 690. The molecule has 1 N–H and O–H groups in total. The van der Waals surface area contributed by atoms with E-state index in [1.165, 1.54) is 10.6 Å². The van der Waals surface area contributed by atoms with Gasteiger partial charge >= 0.3 is 10.8 Å². The standard InChI is InChI=1S/C14H14FNO3S/c1-9-13(10-5-2-3-6-11(10)15)16(14(19)20-9)8-4-7-12(17)18/h2-3,5-6H,4,7-8H2,1H3,(H,17,18). The Kier molecular flexibility index (Phi) is 4.34. The number of rotatable bonds is 5. The van der Waals surface area contributed by atoms with Crippen LogP contribution in [0, 0.1) is 12.7 Å². The molecule has 0 saturated heterocycles. The largest absolute Gasteiger partial charge is 0.481 e. The highest BCUT2D eigenvalue weighted by Gasteiger charge is 2.16. The quantitative estimate of drug-likeness (QED) is 0.922. The second kappa shape index (κ2) is 6.00. The van der Waals surface area contributed by atoms with Gasteiger partial charge in [0.1, 0.15) is 5.82 Å². The fraction of sp³-hybridized carbons (Fsp3) is 0.286. The third-order valence-corrected chi connectivity index (χ3v) is 3.86. The van der Waals surface area contributed by atoms with Gasteiger partial charge in [0.05, 0.1) is 5.69 Å². The highest BCUT2D eigenvalue weighted by atomic mass is 32.1. The van der Waals surface area contributed by atoms with Crippen LogP contribution in [0.5, 0.6) is 0 Å². The Hall–Kier alpha value is -1.95. The third-order valence-electron chi connectivity index (χ3n) is 2.97. The summed E-state index contributed by atoms with van der Waals surface area (Å²) in [5.74, 6) is -1.29. The van der Waals surface area contributed by atoms with Gasteiger partial charge in [-0.1, -0.05) is 23.5 Å². The molecule has 2 rings (SSSR count). The predicted octanol–water partition coefficient (Wildman–Crippen LogP) is 2.89. The molecule has 1 aromatic carbocycles. The van der Waals surface area contributed by atoms with E-state index >= 15 is 0 Å². The van der Waals surface area contributed by atoms with Crippen LogP contribution in [0.25, 0.3) is 11.3 Å². The zero-order valence-electron chi connectivity index (χ0n) is 10.9. The van der Waals surface area contributed by atoms with E-state index in [1.54, 1.807) is 25.1 Å². The summed E-state index contributed by atoms with van der Waals surface area (Å²) in [6, 6.07) is 6.27. The second-order valence-corrected chi connectivity index (χ2v) is 5.57. The lowest BCUT2D eigenvalue weighted by atomic mass is 10.1. The van der Waals surface area contributed by atoms with Crippen molar-refractivity contribution in [1.29, 1.82) is 0 Å². The van der Waals surface area contributed by atoms with Gasteiger partial charge in [-0.15, -0.1) is 0 Å². The van der Waals surface area contributed by atoms with Gasteiger partial charge in [-0.25, -0.2) is 4.39 Å². The number of aromatic nitrogens is 1. The molecule has 0 bridgehead atoms. The molecule has 6 heteroatoms. The maximum absolute atomic E-state index is 13.9. The van der Waals surface area contributed by atoms with Crippen LogP contribution in [-0.2, 0) is 11.3 Å². The molecule has 2 aromatic rings. The Morgan fingerprint density at radius 3 is 2.75 bits per heavy atom. The van der Waals surface area contributed by atoms with Crippen LogP contribution in [0.3, 0.4) is 0 Å². The van der Waals surface area contributed by atoms with Crippen molar-refractivity contribution in [2.24, 2.45) is 0 Å². The van der Waals surface area contributed by atoms with Crippen LogP contribution in [-0.4, -0.2) is 15.6 Å². The van der Waals surface area contributed by atoms with E-state index < -0.39 is 5.97 Å². The van der Waals surface area contributed by atoms with Crippen LogP contribution in [0.4, 0.5) is 4.39 Å². The number of carbonyl (C=O) groups is 1. The van der Waals surface area contributed by atoms with Crippen LogP contribution < -0.4 is 4.87 Å². The van der Waals surface area contributed by atoms with E-state index in [1.807, 2.05) is 0 Å². The van der Waals surface area contributed by atoms with Crippen LogP contribution >= 0.6 is 11.3 Å². The molecule has 0 atom stereocenters. The molecular weight excluding hydrogens is 281 g/mol. The van der Waals surface area contributed by atoms with Gasteiger partial charge in [0, 0.05) is 23.4 Å². The summed E-state index contributed by atoms with van der Waals surface area (Å²) in [7, 11) is 0. The van der Waals surface area contributed by atoms with Crippen molar-refractivity contribution in [2.45, 2.75) is 26.3 Å². The topological polar surface area (TPSA) is 59.3 Å². The summed E-state index contributed by atoms with van der Waals surface area (Å²) in [6.45, 7) is 2.04. The van der Waals surface area contributed by atoms with E-state index in [-0.39, 0.29) is 23.7 Å². The third kappa shape index (κ3) is 2.96. The molecule has 0 aliphatic rings. The summed E-state index contributed by atoms with van der Waals surface area (Å²) >= 11 is 1.05. The Labute approximate surface area is 119 Å². The number of halogens is 1. The molecule has 0 fully saturated rings. The van der Waals surface area contributed by atoms with E-state index in [0.29, 0.717) is 17.7 Å². The minimum absolute atomic E-state index is 0.0158. The van der Waals surface area contributed by atoms with Gasteiger partial charge in [0.25, 0.3) is 0 Å². The molecule has 20 heavy (non-hydrogen) atoms. The lowest BCUT2D eigenvalue weighted by molar-refractivity contribution is -0.137. The highest BCUT2D eigenvalue weighted by molar-refractivity contribution is 7.09. The van der Waals surface area contributed by atoms with Gasteiger partial charge in [-0.05, 0) is 25.5 Å². The Balaban J connectivity index is 2.40. The average Bonchev–Trinajstić information content (AvgIpc) is 2.65. The molecule has 0 saturated carbocycles. The van der Waals surface area contributed by atoms with E-state index in [4.69, 9.17) is 5.11 Å². The van der Waals surface area contributed by atoms with Gasteiger partial charge in [-0.2, -0.15) is 0 Å². The fourth-order valence-corrected chi connectivity index (χ4v) is 2.97. The normalized spacial score (nSPS) is 10.7. The number of hydrogen-bond donors (Lipinski definition) is 1. The van der Waals surface area contributed by atoms with Crippen molar-refractivity contribution in [3.05, 3.63) is 44.6 Å². The molecule has 0 unspecified atom stereocenters. The number of carboxylic acid groups (broad SMARTS) is 1. The minimum atomic E-state index is -0.905. The summed E-state index contributed by atoms with van der Waals surface area (Å²) in [4.78, 5) is 23.0. The number of carboxylic acids is 1. The Morgan fingerprint density at radius 2 is 2.10 bits per heavy atom. The first-order valence-corrected chi connectivity index (χ1v) is 6.99. The van der Waals surface area contributed by atoms with Gasteiger partial charge in [-0.3, -0.25) is 14.2 Å². The number of nitrogens with zero attached hydrogens (tertiary/aromatic N) is 1. The smallest absolute Gasteiger partial charge is 0.307 e. The molecule has 4 nitrogen and oxygen atoms in total. The number of thiazole rings is 1. The van der Waals surface area contributed by atoms with Crippen molar-refractivity contribution in [1.82, 2.24) is 4.57 Å². The highest BCUT2D eigenvalue weighted by Crippen LogP contribution is 2.27. The van der Waals surface area contributed by atoms with E-state index in [9.17, 15) is 14.0 Å². The summed E-state index contributed by atoms with van der Waals surface area (Å²) in [5, 5.41) is 8.65. The summed E-state index contributed by atoms with van der Waals surface area (Å²) in [6.07, 6.45) is 0.324. The van der Waals surface area contributed by atoms with Crippen molar-refractivity contribution in [3.8, 4) is 11.3 Å². The van der Waals surface area contributed by atoms with E-state index in [2.05, 4.69) is 0 Å². The molecule has 0 aliphatic heterocycles. The molecule has 106 valence electrons. The van der Waals surface area contributed by atoms with Crippen LogP contribution in [0.2, 0.25) is 0 Å². The molecule has 1 aromatic heterocycles. The number of benzene rings is 1. The molecule has 0 spiro atoms. The number of aliphatic carboxylic acids is 1. The number of hydrogen-bond acceptors (Lipinski definition) is 3. The Morgan fingerprint density at radius 1 is 1.40 bits per heavy atom. The van der Waals surface area contributed by atoms with Crippen molar-refractivity contribution in [2.75, 3.05) is 0 Å². The predicted molar refractivity (Wildman–Crippen MR) is 75.6 cm³/mol. The first kappa shape index (κ1) is 14.5. The maximum Gasteiger partial charge on any atom is 0.307 e. The first-order valence-electron chi connectivity index (χ1n) is 6.17. The fourth-order valence-electron chi connectivity index (χ4n) is 2.10. The zero-order chi connectivity index (χ0) is 14.7. The lowest BCUT2D eigenvalue weighted by Gasteiger charge is -2.09. The van der Waals surface area contributed by atoms with Crippen molar-refractivity contribution >= 4 is 17.3 Å². The van der Waals surface area contributed by atoms with Gasteiger partial charge < -0.3 is 5.11 Å². The van der Waals surface area contributed by atoms with E-state index in [0.717, 1.165) is 16.2 Å². The second-order valence-electron chi connectivity index (χ2n) is 4.40. The summed E-state index contributed by atoms with van der Waals surface area (Å²) in [5.41, 5.74) is 0.919. The van der Waals surface area contributed by atoms with Gasteiger partial charge in [0.15, 0.2) is 0 Å². The number of aryl methyl sites for hydroxylation is 1. The zero-order valence-corrected chi connectivity index (χ0v) is 11.7. The molecule has 0 aliphatic carbocycles. The summed E-state index contributed by atoms with van der Waals surface area (Å²) < 4.78 is 15.3. The lowest BCUT2D eigenvalue weighted by Crippen LogP contribution is -2.15. The van der Waals surface area contributed by atoms with Crippen LogP contribution in [0.15, 0.2) is 29.1 Å². The molecular formula is C14H14FNO3S. The maximum atomic E-state index is 13.9. The SMILES string of the molecule is Cc1sc(=O)n(CCCC(=O)O)c1-c1ccccc1F. The average molecular weight is 295 g/mol. The molecule has 1 heterocycles. The van der Waals surface area contributed by atoms with Crippen molar-refractivity contribution < 1.29 is 14.3 Å². The minimum Gasteiger partial charge on any atom is -0.481 e. The van der Waals surface area contributed by atoms with Gasteiger partial charge in [0.2, 0.25) is 0 Å². The van der Waals surface area contributed by atoms with Crippen molar-refractivity contribution in [3.63, 3.8) is 0 Å². The van der Waals surface area contributed by atoms with Crippen LogP contribution in [0.1, 0.15) is 17.7 Å². The monoisotopic (exact) mass is 295 g/mol. The molecule has 0 radical (unpaired) electrons. The first-order chi connectivity index (χ1) is 9.50.